The summed E-state index contributed by atoms with van der Waals surface area (Å²) in [5.74, 6) is 3.10. The molecule has 2 heterocycles. The maximum absolute atomic E-state index is 5.72. The zero-order valence-corrected chi connectivity index (χ0v) is 10.6. The highest BCUT2D eigenvalue weighted by atomic mass is 16.3. The van der Waals surface area contributed by atoms with Gasteiger partial charge in [-0.15, -0.1) is 0 Å². The lowest BCUT2D eigenvalue weighted by atomic mass is 10.1. The van der Waals surface area contributed by atoms with Crippen molar-refractivity contribution >= 4 is 0 Å². The van der Waals surface area contributed by atoms with Crippen LogP contribution in [-0.2, 0) is 0 Å². The van der Waals surface area contributed by atoms with Crippen molar-refractivity contribution in [3.63, 3.8) is 0 Å². The molecule has 2 rings (SSSR count). The molecular formula is C13H19N3O. The van der Waals surface area contributed by atoms with E-state index in [1.807, 2.05) is 26.1 Å². The summed E-state index contributed by atoms with van der Waals surface area (Å²) in [7, 11) is 0. The fourth-order valence-corrected chi connectivity index (χ4v) is 2.05. The van der Waals surface area contributed by atoms with Gasteiger partial charge >= 0.3 is 0 Å². The van der Waals surface area contributed by atoms with Crippen molar-refractivity contribution in [3.8, 4) is 11.3 Å². The monoisotopic (exact) mass is 233 g/mol. The van der Waals surface area contributed by atoms with Crippen LogP contribution in [0.1, 0.15) is 36.6 Å². The Balaban J connectivity index is 2.32. The predicted molar refractivity (Wildman–Crippen MR) is 67.9 cm³/mol. The molecule has 0 aliphatic rings. The molecule has 0 radical (unpaired) electrons. The number of aromatic nitrogens is 2. The second kappa shape index (κ2) is 4.75. The van der Waals surface area contributed by atoms with Gasteiger partial charge < -0.3 is 15.1 Å². The van der Waals surface area contributed by atoms with E-state index in [-0.39, 0.29) is 0 Å². The van der Waals surface area contributed by atoms with Crippen molar-refractivity contribution in [2.75, 3.05) is 6.54 Å². The van der Waals surface area contributed by atoms with E-state index >= 15 is 0 Å². The Labute approximate surface area is 101 Å². The highest BCUT2D eigenvalue weighted by molar-refractivity contribution is 5.61. The van der Waals surface area contributed by atoms with Crippen molar-refractivity contribution in [2.24, 2.45) is 5.73 Å². The van der Waals surface area contributed by atoms with E-state index in [2.05, 4.69) is 16.9 Å². The molecule has 2 aromatic heterocycles. The average molecular weight is 233 g/mol. The molecule has 0 saturated carbocycles. The van der Waals surface area contributed by atoms with E-state index in [1.54, 1.807) is 0 Å². The number of nitrogens with two attached hydrogens (primary N) is 1. The summed E-state index contributed by atoms with van der Waals surface area (Å²) in [5, 5.41) is 0. The van der Waals surface area contributed by atoms with Crippen LogP contribution in [0.5, 0.6) is 0 Å². The van der Waals surface area contributed by atoms with Gasteiger partial charge in [0, 0.05) is 18.0 Å². The van der Waals surface area contributed by atoms with Crippen LogP contribution in [0.2, 0.25) is 0 Å². The first kappa shape index (κ1) is 11.9. The van der Waals surface area contributed by atoms with Crippen molar-refractivity contribution in [2.45, 2.75) is 33.1 Å². The Morgan fingerprint density at radius 2 is 2.24 bits per heavy atom. The van der Waals surface area contributed by atoms with Gasteiger partial charge in [-0.1, -0.05) is 6.92 Å². The summed E-state index contributed by atoms with van der Waals surface area (Å²) in [6.07, 6.45) is 2.85. The molecule has 1 unspecified atom stereocenters. The minimum atomic E-state index is 0.303. The summed E-state index contributed by atoms with van der Waals surface area (Å²) in [6.45, 7) is 6.64. The number of rotatable bonds is 4. The third kappa shape index (κ3) is 2.26. The second-order valence-corrected chi connectivity index (χ2v) is 4.35. The zero-order valence-electron chi connectivity index (χ0n) is 10.6. The van der Waals surface area contributed by atoms with Gasteiger partial charge in [-0.25, -0.2) is 4.98 Å². The van der Waals surface area contributed by atoms with Crippen LogP contribution >= 0.6 is 0 Å². The number of nitrogens with one attached hydrogen (secondary N) is 1. The fourth-order valence-electron chi connectivity index (χ4n) is 2.05. The van der Waals surface area contributed by atoms with Crippen LogP contribution in [0.3, 0.4) is 0 Å². The first-order valence-electron chi connectivity index (χ1n) is 5.98. The zero-order chi connectivity index (χ0) is 12.4. The van der Waals surface area contributed by atoms with Crippen molar-refractivity contribution < 1.29 is 4.42 Å². The Morgan fingerprint density at radius 1 is 1.47 bits per heavy atom. The van der Waals surface area contributed by atoms with Gasteiger partial charge in [0.25, 0.3) is 0 Å². The number of hydrogen-bond donors (Lipinski definition) is 2. The largest absolute Gasteiger partial charge is 0.466 e. The van der Waals surface area contributed by atoms with Crippen molar-refractivity contribution in [1.29, 1.82) is 0 Å². The van der Waals surface area contributed by atoms with Crippen LogP contribution in [0.25, 0.3) is 11.3 Å². The average Bonchev–Trinajstić information content (AvgIpc) is 2.87. The van der Waals surface area contributed by atoms with Gasteiger partial charge in [-0.2, -0.15) is 0 Å². The first-order chi connectivity index (χ1) is 8.15. The van der Waals surface area contributed by atoms with E-state index in [0.29, 0.717) is 12.5 Å². The predicted octanol–water partition coefficient (Wildman–Crippen LogP) is 2.74. The number of hydrogen-bond acceptors (Lipinski definition) is 3. The lowest BCUT2D eigenvalue weighted by Gasteiger charge is -2.07. The van der Waals surface area contributed by atoms with E-state index in [1.165, 1.54) is 0 Å². The molecule has 0 fully saturated rings. The Bertz CT molecular complexity index is 494. The lowest BCUT2D eigenvalue weighted by Crippen LogP contribution is -2.12. The van der Waals surface area contributed by atoms with Crippen LogP contribution in [0.15, 0.2) is 16.7 Å². The smallest absolute Gasteiger partial charge is 0.110 e. The number of aryl methyl sites for hydroxylation is 2. The van der Waals surface area contributed by atoms with E-state index in [4.69, 9.17) is 10.2 Å². The standard InChI is InChI=1S/C13H19N3O/c1-4-10(6-14)13-15-7-12(16-13)11-5-8(2)17-9(11)3/h5,7,10H,4,6,14H2,1-3H3,(H,15,16). The third-order valence-corrected chi connectivity index (χ3v) is 3.09. The summed E-state index contributed by atoms with van der Waals surface area (Å²) < 4.78 is 5.52. The van der Waals surface area contributed by atoms with Crippen LogP contribution in [0, 0.1) is 13.8 Å². The van der Waals surface area contributed by atoms with Crippen molar-refractivity contribution in [1.82, 2.24) is 9.97 Å². The molecule has 2 aromatic rings. The van der Waals surface area contributed by atoms with E-state index in [0.717, 1.165) is 35.0 Å². The molecule has 0 aliphatic heterocycles. The minimum Gasteiger partial charge on any atom is -0.466 e. The molecule has 0 aliphatic carbocycles. The summed E-state index contributed by atoms with van der Waals surface area (Å²) in [4.78, 5) is 7.74. The van der Waals surface area contributed by atoms with Gasteiger partial charge in [0.05, 0.1) is 11.9 Å². The molecule has 0 bridgehead atoms. The normalized spacial score (nSPS) is 12.9. The van der Waals surface area contributed by atoms with Gasteiger partial charge in [0.15, 0.2) is 0 Å². The lowest BCUT2D eigenvalue weighted by molar-refractivity contribution is 0.505. The Kier molecular flexibility index (Phi) is 3.33. The van der Waals surface area contributed by atoms with E-state index < -0.39 is 0 Å². The number of imidazole rings is 1. The molecule has 92 valence electrons. The summed E-state index contributed by atoms with van der Waals surface area (Å²) in [6, 6.07) is 2.02. The molecular weight excluding hydrogens is 214 g/mol. The van der Waals surface area contributed by atoms with E-state index in [9.17, 15) is 0 Å². The Morgan fingerprint density at radius 3 is 2.76 bits per heavy atom. The SMILES string of the molecule is CCC(CN)c1ncc(-c2cc(C)oc2C)[nH]1. The van der Waals surface area contributed by atoms with Crippen LogP contribution in [-0.4, -0.2) is 16.5 Å². The Hall–Kier alpha value is -1.55. The second-order valence-electron chi connectivity index (χ2n) is 4.35. The number of nitrogens with zero attached hydrogens (tertiary/aromatic N) is 1. The molecule has 4 nitrogen and oxygen atoms in total. The molecule has 0 amide bonds. The third-order valence-electron chi connectivity index (χ3n) is 3.09. The molecule has 4 heteroatoms. The van der Waals surface area contributed by atoms with Gasteiger partial charge in [0.2, 0.25) is 0 Å². The molecule has 0 spiro atoms. The molecule has 3 N–H and O–H groups in total. The van der Waals surface area contributed by atoms with Crippen molar-refractivity contribution in [3.05, 3.63) is 29.6 Å². The quantitative estimate of drug-likeness (QED) is 0.853. The van der Waals surface area contributed by atoms with Crippen LogP contribution in [0.4, 0.5) is 0 Å². The van der Waals surface area contributed by atoms with Gasteiger partial charge in [-0.05, 0) is 26.3 Å². The maximum Gasteiger partial charge on any atom is 0.110 e. The maximum atomic E-state index is 5.72. The molecule has 0 saturated heterocycles. The first-order valence-corrected chi connectivity index (χ1v) is 5.98. The van der Waals surface area contributed by atoms with Gasteiger partial charge in [-0.3, -0.25) is 0 Å². The number of H-pyrrole nitrogens is 1. The number of aromatic amines is 1. The fraction of sp³-hybridized carbons (Fsp3) is 0.462. The summed E-state index contributed by atoms with van der Waals surface area (Å²) in [5.41, 5.74) is 7.80. The molecule has 17 heavy (non-hydrogen) atoms. The van der Waals surface area contributed by atoms with Gasteiger partial charge in [0.1, 0.15) is 17.3 Å². The molecule has 0 aromatic carbocycles. The highest BCUT2D eigenvalue weighted by Gasteiger charge is 2.14. The molecule has 1 atom stereocenters. The number of furan rings is 1. The highest BCUT2D eigenvalue weighted by Crippen LogP contribution is 2.26. The van der Waals surface area contributed by atoms with Crippen LogP contribution < -0.4 is 5.73 Å². The minimum absolute atomic E-state index is 0.303. The topological polar surface area (TPSA) is 67.8 Å². The summed E-state index contributed by atoms with van der Waals surface area (Å²) >= 11 is 0.